The number of hydrogen-bond acceptors (Lipinski definition) is 4. The molecule has 3 aliphatic rings. The molecule has 4 atom stereocenters. The van der Waals surface area contributed by atoms with Crippen LogP contribution in [0.1, 0.15) is 35.9 Å². The Morgan fingerprint density at radius 2 is 1.64 bits per heavy atom. The lowest BCUT2D eigenvalue weighted by Gasteiger charge is -2.46. The molecule has 0 aliphatic carbocycles. The standard InChI is InChI=1S/C22H30N2O4/c1-2-16-10-24-8-7-17(16)9-18(24)11-23(12-19-3-5-21(14-25)27-19)13-20-4-6-22(15-26)28-20/h2-6,16-18,25-26H,1,7-15H2/p+2/t16-,17-,18+/m0/s1. The van der Waals surface area contributed by atoms with E-state index in [-0.39, 0.29) is 13.2 Å². The molecule has 4 N–H and O–H groups in total. The van der Waals surface area contributed by atoms with Gasteiger partial charge in [0.2, 0.25) is 0 Å². The van der Waals surface area contributed by atoms with Gasteiger partial charge in [-0.1, -0.05) is 6.08 Å². The van der Waals surface area contributed by atoms with E-state index in [1.165, 1.54) is 30.8 Å². The number of aliphatic hydroxyl groups excluding tert-OH is 2. The molecule has 2 aromatic rings. The van der Waals surface area contributed by atoms with Crippen molar-refractivity contribution in [2.24, 2.45) is 11.8 Å². The number of rotatable bonds is 9. The first-order chi connectivity index (χ1) is 13.7. The summed E-state index contributed by atoms with van der Waals surface area (Å²) in [5.41, 5.74) is 0. The van der Waals surface area contributed by atoms with Crippen LogP contribution in [0.25, 0.3) is 0 Å². The Morgan fingerprint density at radius 3 is 2.11 bits per heavy atom. The van der Waals surface area contributed by atoms with E-state index >= 15 is 0 Å². The second-order valence-electron chi connectivity index (χ2n) is 8.35. The molecule has 5 heterocycles. The quantitative estimate of drug-likeness (QED) is 0.454. The van der Waals surface area contributed by atoms with Crippen molar-refractivity contribution in [3.63, 3.8) is 0 Å². The Morgan fingerprint density at radius 1 is 1.04 bits per heavy atom. The molecule has 6 heteroatoms. The molecule has 2 bridgehead atoms. The van der Waals surface area contributed by atoms with Crippen molar-refractivity contribution in [3.8, 4) is 0 Å². The summed E-state index contributed by atoms with van der Waals surface area (Å²) >= 11 is 0. The van der Waals surface area contributed by atoms with Gasteiger partial charge >= 0.3 is 0 Å². The molecule has 0 aromatic carbocycles. The molecule has 0 amide bonds. The minimum Gasteiger partial charge on any atom is -0.458 e. The molecule has 3 saturated heterocycles. The summed E-state index contributed by atoms with van der Waals surface area (Å²) in [4.78, 5) is 3.09. The van der Waals surface area contributed by atoms with Crippen molar-refractivity contribution >= 4 is 0 Å². The van der Waals surface area contributed by atoms with Gasteiger partial charge in [-0.05, 0) is 30.2 Å². The Kier molecular flexibility index (Phi) is 6.01. The average molecular weight is 389 g/mol. The maximum atomic E-state index is 9.28. The molecular weight excluding hydrogens is 356 g/mol. The van der Waals surface area contributed by atoms with Crippen LogP contribution in [0.2, 0.25) is 0 Å². The number of furan rings is 2. The lowest BCUT2D eigenvalue weighted by molar-refractivity contribution is -1.000. The van der Waals surface area contributed by atoms with E-state index in [0.29, 0.717) is 23.5 Å². The second kappa shape index (κ2) is 8.66. The van der Waals surface area contributed by atoms with E-state index in [4.69, 9.17) is 8.83 Å². The van der Waals surface area contributed by atoms with Crippen LogP contribution in [-0.4, -0.2) is 35.9 Å². The fourth-order valence-electron chi connectivity index (χ4n) is 5.11. The molecular formula is C22H32N2O4+2. The maximum Gasteiger partial charge on any atom is 0.158 e. The van der Waals surface area contributed by atoms with Crippen LogP contribution < -0.4 is 9.80 Å². The van der Waals surface area contributed by atoms with E-state index < -0.39 is 0 Å². The van der Waals surface area contributed by atoms with Crippen LogP contribution in [0.4, 0.5) is 0 Å². The first-order valence-corrected chi connectivity index (χ1v) is 10.4. The molecule has 0 spiro atoms. The number of nitrogens with one attached hydrogen (secondary N) is 2. The van der Waals surface area contributed by atoms with Gasteiger partial charge in [0.1, 0.15) is 50.4 Å². The first-order valence-electron chi connectivity index (χ1n) is 10.4. The highest BCUT2D eigenvalue weighted by atomic mass is 16.4. The minimum atomic E-state index is -0.0709. The molecule has 3 fully saturated rings. The Bertz CT molecular complexity index is 739. The van der Waals surface area contributed by atoms with Crippen LogP contribution in [0.15, 0.2) is 45.8 Å². The lowest BCUT2D eigenvalue weighted by atomic mass is 9.75. The summed E-state index contributed by atoms with van der Waals surface area (Å²) in [6.07, 6.45) is 4.73. The summed E-state index contributed by atoms with van der Waals surface area (Å²) in [5, 5.41) is 18.6. The van der Waals surface area contributed by atoms with Gasteiger partial charge in [0, 0.05) is 18.8 Å². The van der Waals surface area contributed by atoms with Crippen molar-refractivity contribution in [1.82, 2.24) is 0 Å². The fraction of sp³-hybridized carbons (Fsp3) is 0.545. The summed E-state index contributed by atoms with van der Waals surface area (Å²) in [6.45, 7) is 8.93. The van der Waals surface area contributed by atoms with Crippen LogP contribution in [0, 0.1) is 11.8 Å². The molecule has 152 valence electrons. The first kappa shape index (κ1) is 19.5. The van der Waals surface area contributed by atoms with Crippen molar-refractivity contribution in [2.75, 3.05) is 19.6 Å². The van der Waals surface area contributed by atoms with Crippen molar-refractivity contribution in [2.45, 2.75) is 45.2 Å². The monoisotopic (exact) mass is 388 g/mol. The van der Waals surface area contributed by atoms with E-state index in [9.17, 15) is 10.2 Å². The fourth-order valence-corrected chi connectivity index (χ4v) is 5.11. The third-order valence-corrected chi connectivity index (χ3v) is 6.54. The third kappa shape index (κ3) is 4.25. The summed E-state index contributed by atoms with van der Waals surface area (Å²) < 4.78 is 11.5. The molecule has 5 rings (SSSR count). The van der Waals surface area contributed by atoms with Crippen molar-refractivity contribution in [3.05, 3.63) is 60.0 Å². The molecule has 1 unspecified atom stereocenters. The molecule has 3 aliphatic heterocycles. The SMILES string of the molecule is C=C[C@H]1C[NH+]2CC[C@H]1C[C@@H]2C[NH+](Cc1ccc(CO)o1)Cc1ccc(CO)o1. The molecule has 6 nitrogen and oxygen atoms in total. The minimum absolute atomic E-state index is 0.0709. The summed E-state index contributed by atoms with van der Waals surface area (Å²) in [6, 6.07) is 8.25. The maximum absolute atomic E-state index is 9.28. The van der Waals surface area contributed by atoms with E-state index in [1.807, 2.05) is 24.3 Å². The largest absolute Gasteiger partial charge is 0.458 e. The van der Waals surface area contributed by atoms with Crippen LogP contribution in [0.3, 0.4) is 0 Å². The van der Waals surface area contributed by atoms with Gasteiger partial charge in [-0.2, -0.15) is 0 Å². The zero-order chi connectivity index (χ0) is 19.5. The number of aliphatic hydroxyl groups is 2. The Labute approximate surface area is 166 Å². The number of piperidine rings is 3. The Hall–Kier alpha value is -1.86. The highest BCUT2D eigenvalue weighted by molar-refractivity contribution is 5.06. The van der Waals surface area contributed by atoms with Crippen molar-refractivity contribution < 1.29 is 28.8 Å². The molecule has 2 aromatic heterocycles. The zero-order valence-electron chi connectivity index (χ0n) is 16.4. The summed E-state index contributed by atoms with van der Waals surface area (Å²) in [5.74, 6) is 4.43. The van der Waals surface area contributed by atoms with Gasteiger partial charge < -0.3 is 28.8 Å². The number of fused-ring (bicyclic) bond motifs is 3. The van der Waals surface area contributed by atoms with E-state index in [1.54, 1.807) is 4.90 Å². The predicted octanol–water partition coefficient (Wildman–Crippen LogP) is -0.0784. The highest BCUT2D eigenvalue weighted by Crippen LogP contribution is 2.27. The smallest absolute Gasteiger partial charge is 0.158 e. The van der Waals surface area contributed by atoms with E-state index in [0.717, 1.165) is 37.1 Å². The van der Waals surface area contributed by atoms with Gasteiger partial charge in [-0.3, -0.25) is 0 Å². The summed E-state index contributed by atoms with van der Waals surface area (Å²) in [7, 11) is 0. The van der Waals surface area contributed by atoms with Gasteiger partial charge in [-0.25, -0.2) is 0 Å². The molecule has 0 radical (unpaired) electrons. The normalized spacial score (nSPS) is 26.8. The molecule has 28 heavy (non-hydrogen) atoms. The second-order valence-corrected chi connectivity index (χ2v) is 8.35. The van der Waals surface area contributed by atoms with Crippen LogP contribution >= 0.6 is 0 Å². The van der Waals surface area contributed by atoms with Crippen LogP contribution in [0.5, 0.6) is 0 Å². The van der Waals surface area contributed by atoms with Gasteiger partial charge in [0.05, 0.1) is 13.1 Å². The average Bonchev–Trinajstić information content (AvgIpc) is 3.37. The van der Waals surface area contributed by atoms with Gasteiger partial charge in [0.15, 0.2) is 11.5 Å². The van der Waals surface area contributed by atoms with Gasteiger partial charge in [0.25, 0.3) is 0 Å². The van der Waals surface area contributed by atoms with Crippen LogP contribution in [-0.2, 0) is 26.3 Å². The van der Waals surface area contributed by atoms with Crippen molar-refractivity contribution in [1.29, 1.82) is 0 Å². The number of hydrogen-bond donors (Lipinski definition) is 4. The number of quaternary nitrogens is 2. The van der Waals surface area contributed by atoms with E-state index in [2.05, 4.69) is 12.7 Å². The highest BCUT2D eigenvalue weighted by Gasteiger charge is 2.44. The van der Waals surface area contributed by atoms with Gasteiger partial charge in [-0.15, -0.1) is 6.58 Å². The predicted molar refractivity (Wildman–Crippen MR) is 103 cm³/mol. The Balaban J connectivity index is 1.46. The topological polar surface area (TPSA) is 75.6 Å². The molecule has 0 saturated carbocycles. The lowest BCUT2D eigenvalue weighted by Crippen LogP contribution is -3.25. The third-order valence-electron chi connectivity index (χ3n) is 6.54. The zero-order valence-corrected chi connectivity index (χ0v) is 16.4.